The number of aromatic nitrogens is 2. The first kappa shape index (κ1) is 17.8. The van der Waals surface area contributed by atoms with Crippen LogP contribution < -0.4 is 10.6 Å². The molecule has 2 rings (SSSR count). The van der Waals surface area contributed by atoms with Crippen molar-refractivity contribution in [2.75, 3.05) is 13.1 Å². The van der Waals surface area contributed by atoms with Crippen molar-refractivity contribution < 1.29 is 9.59 Å². The van der Waals surface area contributed by atoms with Crippen LogP contribution in [0, 0.1) is 19.8 Å². The lowest BCUT2D eigenvalue weighted by atomic mass is 10.1. The normalized spacial score (nSPS) is 10.9. The lowest BCUT2D eigenvalue weighted by Gasteiger charge is -2.09. The van der Waals surface area contributed by atoms with E-state index in [9.17, 15) is 9.59 Å². The molecule has 0 spiro atoms. The number of benzene rings is 1. The minimum atomic E-state index is -0.185. The van der Waals surface area contributed by atoms with Gasteiger partial charge in [0.1, 0.15) is 0 Å². The minimum Gasteiger partial charge on any atom is -0.354 e. The van der Waals surface area contributed by atoms with Crippen molar-refractivity contribution in [3.8, 4) is 0 Å². The molecule has 6 heteroatoms. The highest BCUT2D eigenvalue weighted by atomic mass is 16.2. The van der Waals surface area contributed by atoms with E-state index in [1.165, 1.54) is 0 Å². The predicted octanol–water partition coefficient (Wildman–Crippen LogP) is 2.14. The summed E-state index contributed by atoms with van der Waals surface area (Å²) in [5.74, 6) is 0.145. The number of hydrogen-bond acceptors (Lipinski definition) is 4. The number of fused-ring (bicyclic) bond motifs is 1. The summed E-state index contributed by atoms with van der Waals surface area (Å²) in [6.07, 6.45) is 0.496. The van der Waals surface area contributed by atoms with E-state index in [2.05, 4.69) is 20.6 Å². The van der Waals surface area contributed by atoms with E-state index in [4.69, 9.17) is 0 Å². The van der Waals surface area contributed by atoms with Gasteiger partial charge in [0.25, 0.3) is 5.91 Å². The van der Waals surface area contributed by atoms with E-state index in [1.807, 2.05) is 27.7 Å². The number of hydrogen-bond donors (Lipinski definition) is 2. The third kappa shape index (κ3) is 4.75. The molecule has 0 fully saturated rings. The highest BCUT2D eigenvalue weighted by Crippen LogP contribution is 2.14. The summed E-state index contributed by atoms with van der Waals surface area (Å²) in [7, 11) is 0. The van der Waals surface area contributed by atoms with Crippen molar-refractivity contribution in [3.63, 3.8) is 0 Å². The standard InChI is InChI=1S/C18H24N4O2/c1-11(2)9-17(23)19-7-8-20-18(24)14-5-6-15-16(10-14)22-13(4)12(3)21-15/h5-6,10-11H,7-9H2,1-4H3,(H,19,23)(H,20,24). The van der Waals surface area contributed by atoms with Crippen LogP contribution in [-0.2, 0) is 4.79 Å². The smallest absolute Gasteiger partial charge is 0.251 e. The van der Waals surface area contributed by atoms with Gasteiger partial charge < -0.3 is 10.6 Å². The Morgan fingerprint density at radius 2 is 1.62 bits per heavy atom. The van der Waals surface area contributed by atoms with Gasteiger partial charge in [-0.25, -0.2) is 9.97 Å². The first-order chi connectivity index (χ1) is 11.4. The Bertz CT molecular complexity index is 756. The Labute approximate surface area is 142 Å². The molecule has 0 saturated carbocycles. The van der Waals surface area contributed by atoms with Crippen LogP contribution in [0.1, 0.15) is 42.0 Å². The van der Waals surface area contributed by atoms with Crippen LogP contribution in [0.25, 0.3) is 11.0 Å². The fourth-order valence-corrected chi connectivity index (χ4v) is 2.29. The Balaban J connectivity index is 1.92. The lowest BCUT2D eigenvalue weighted by molar-refractivity contribution is -0.121. The predicted molar refractivity (Wildman–Crippen MR) is 93.8 cm³/mol. The molecule has 128 valence electrons. The molecule has 24 heavy (non-hydrogen) atoms. The number of rotatable bonds is 6. The average molecular weight is 328 g/mol. The van der Waals surface area contributed by atoms with E-state index in [-0.39, 0.29) is 11.8 Å². The maximum Gasteiger partial charge on any atom is 0.251 e. The molecular formula is C18H24N4O2. The summed E-state index contributed by atoms with van der Waals surface area (Å²) in [4.78, 5) is 32.6. The topological polar surface area (TPSA) is 84.0 Å². The number of nitrogens with zero attached hydrogens (tertiary/aromatic N) is 2. The highest BCUT2D eigenvalue weighted by molar-refractivity contribution is 5.97. The molecule has 0 aliphatic rings. The molecule has 1 aromatic heterocycles. The maximum atomic E-state index is 12.2. The second-order valence-electron chi connectivity index (χ2n) is 6.30. The van der Waals surface area contributed by atoms with Gasteiger partial charge in [-0.3, -0.25) is 9.59 Å². The summed E-state index contributed by atoms with van der Waals surface area (Å²) in [5, 5.41) is 5.58. The van der Waals surface area contributed by atoms with E-state index in [0.717, 1.165) is 16.9 Å². The first-order valence-electron chi connectivity index (χ1n) is 8.16. The molecule has 0 atom stereocenters. The Kier molecular flexibility index (Phi) is 5.84. The Hall–Kier alpha value is -2.50. The molecule has 1 aromatic carbocycles. The van der Waals surface area contributed by atoms with E-state index < -0.39 is 0 Å². The Morgan fingerprint density at radius 3 is 2.29 bits per heavy atom. The quantitative estimate of drug-likeness (QED) is 0.796. The highest BCUT2D eigenvalue weighted by Gasteiger charge is 2.09. The van der Waals surface area contributed by atoms with Gasteiger partial charge in [0.15, 0.2) is 0 Å². The van der Waals surface area contributed by atoms with Gasteiger partial charge in [-0.2, -0.15) is 0 Å². The molecule has 6 nitrogen and oxygen atoms in total. The lowest BCUT2D eigenvalue weighted by Crippen LogP contribution is -2.35. The molecule has 2 amide bonds. The largest absolute Gasteiger partial charge is 0.354 e. The molecule has 2 aromatic rings. The summed E-state index contributed by atoms with van der Waals surface area (Å²) in [6.45, 7) is 8.60. The zero-order chi connectivity index (χ0) is 17.7. The SMILES string of the molecule is Cc1nc2ccc(C(=O)NCCNC(=O)CC(C)C)cc2nc1C. The monoisotopic (exact) mass is 328 g/mol. The minimum absolute atomic E-state index is 0.00562. The summed E-state index contributed by atoms with van der Waals surface area (Å²) in [5.41, 5.74) is 3.75. The van der Waals surface area contributed by atoms with E-state index in [1.54, 1.807) is 18.2 Å². The van der Waals surface area contributed by atoms with Crippen LogP contribution >= 0.6 is 0 Å². The molecule has 0 unspecified atom stereocenters. The second-order valence-corrected chi connectivity index (χ2v) is 6.30. The van der Waals surface area contributed by atoms with E-state index in [0.29, 0.717) is 36.5 Å². The number of carbonyl (C=O) groups is 2. The summed E-state index contributed by atoms with van der Waals surface area (Å²) < 4.78 is 0. The number of carbonyl (C=O) groups excluding carboxylic acids is 2. The molecule has 0 saturated heterocycles. The fraction of sp³-hybridized carbons (Fsp3) is 0.444. The van der Waals surface area contributed by atoms with Gasteiger partial charge in [-0.15, -0.1) is 0 Å². The van der Waals surface area contributed by atoms with Crippen molar-refractivity contribution in [2.24, 2.45) is 5.92 Å². The Morgan fingerprint density at radius 1 is 1.00 bits per heavy atom. The van der Waals surface area contributed by atoms with Crippen LogP contribution in [0.4, 0.5) is 0 Å². The van der Waals surface area contributed by atoms with Gasteiger partial charge in [0.05, 0.1) is 22.4 Å². The number of aryl methyl sites for hydroxylation is 2. The number of amides is 2. The van der Waals surface area contributed by atoms with Crippen molar-refractivity contribution >= 4 is 22.8 Å². The van der Waals surface area contributed by atoms with Crippen LogP contribution in [-0.4, -0.2) is 34.9 Å². The molecule has 0 bridgehead atoms. The van der Waals surface area contributed by atoms with Crippen LogP contribution in [0.15, 0.2) is 18.2 Å². The van der Waals surface area contributed by atoms with Gasteiger partial charge in [0, 0.05) is 25.1 Å². The van der Waals surface area contributed by atoms with Gasteiger partial charge in [0.2, 0.25) is 5.91 Å². The molecule has 0 aliphatic carbocycles. The second kappa shape index (κ2) is 7.86. The number of nitrogens with one attached hydrogen (secondary N) is 2. The molecule has 1 heterocycles. The van der Waals surface area contributed by atoms with Gasteiger partial charge >= 0.3 is 0 Å². The first-order valence-corrected chi connectivity index (χ1v) is 8.16. The fourth-order valence-electron chi connectivity index (χ4n) is 2.29. The zero-order valence-corrected chi connectivity index (χ0v) is 14.6. The average Bonchev–Trinajstić information content (AvgIpc) is 2.51. The molecule has 0 aliphatic heterocycles. The van der Waals surface area contributed by atoms with Crippen molar-refractivity contribution in [3.05, 3.63) is 35.2 Å². The van der Waals surface area contributed by atoms with E-state index >= 15 is 0 Å². The zero-order valence-electron chi connectivity index (χ0n) is 14.6. The van der Waals surface area contributed by atoms with Crippen LogP contribution in [0.5, 0.6) is 0 Å². The van der Waals surface area contributed by atoms with Crippen LogP contribution in [0.2, 0.25) is 0 Å². The van der Waals surface area contributed by atoms with Gasteiger partial charge in [-0.1, -0.05) is 13.8 Å². The summed E-state index contributed by atoms with van der Waals surface area (Å²) in [6, 6.07) is 5.27. The van der Waals surface area contributed by atoms with Crippen LogP contribution in [0.3, 0.4) is 0 Å². The van der Waals surface area contributed by atoms with Crippen molar-refractivity contribution in [1.82, 2.24) is 20.6 Å². The molecule has 2 N–H and O–H groups in total. The van der Waals surface area contributed by atoms with Crippen molar-refractivity contribution in [2.45, 2.75) is 34.1 Å². The van der Waals surface area contributed by atoms with Gasteiger partial charge in [-0.05, 0) is 38.0 Å². The third-order valence-corrected chi connectivity index (χ3v) is 3.66. The maximum absolute atomic E-state index is 12.2. The summed E-state index contributed by atoms with van der Waals surface area (Å²) >= 11 is 0. The van der Waals surface area contributed by atoms with Crippen molar-refractivity contribution in [1.29, 1.82) is 0 Å². The molecule has 0 radical (unpaired) electrons. The molecular weight excluding hydrogens is 304 g/mol. The third-order valence-electron chi connectivity index (χ3n) is 3.66.